The smallest absolute Gasteiger partial charge is 0.309 e. The van der Waals surface area contributed by atoms with E-state index in [1.807, 2.05) is 6.07 Å². The second kappa shape index (κ2) is 5.94. The Hall–Kier alpha value is -1.38. The molecule has 110 valence electrons. The molecule has 1 N–H and O–H groups in total. The summed E-state index contributed by atoms with van der Waals surface area (Å²) in [4.78, 5) is 11.7. The van der Waals surface area contributed by atoms with Gasteiger partial charge in [0.15, 0.2) is 0 Å². The lowest BCUT2D eigenvalue weighted by molar-refractivity contribution is -0.151. The maximum Gasteiger partial charge on any atom is 0.309 e. The molecule has 0 radical (unpaired) electrons. The Morgan fingerprint density at radius 3 is 2.55 bits per heavy atom. The van der Waals surface area contributed by atoms with Crippen LogP contribution in [0.25, 0.3) is 0 Å². The molecule has 1 aromatic carbocycles. The van der Waals surface area contributed by atoms with Crippen molar-refractivity contribution in [3.63, 3.8) is 0 Å². The van der Waals surface area contributed by atoms with Crippen molar-refractivity contribution in [3.05, 3.63) is 35.6 Å². The van der Waals surface area contributed by atoms with Crippen LogP contribution in [0.1, 0.15) is 45.1 Å². The summed E-state index contributed by atoms with van der Waals surface area (Å²) in [6.45, 7) is 4.40. The number of rotatable bonds is 4. The Bertz CT molecular complexity index is 474. The van der Waals surface area contributed by atoms with Crippen molar-refractivity contribution in [3.8, 4) is 0 Å². The first-order valence-corrected chi connectivity index (χ1v) is 7.41. The summed E-state index contributed by atoms with van der Waals surface area (Å²) in [6.07, 6.45) is 3.74. The Balaban J connectivity index is 2.14. The molecule has 1 aliphatic carbocycles. The highest BCUT2D eigenvalue weighted by atomic mass is 19.1. The first kappa shape index (κ1) is 15.0. The Morgan fingerprint density at radius 1 is 1.40 bits per heavy atom. The maximum atomic E-state index is 13.3. The molecule has 0 aromatic heterocycles. The SMILES string of the molecule is CC(C)C1CCC(Cc2cccc(F)c2)(C(=O)O)CC1. The molecule has 1 aromatic rings. The van der Waals surface area contributed by atoms with Gasteiger partial charge in [0.1, 0.15) is 5.82 Å². The van der Waals surface area contributed by atoms with Gasteiger partial charge in [-0.05, 0) is 61.6 Å². The summed E-state index contributed by atoms with van der Waals surface area (Å²) >= 11 is 0. The molecule has 0 saturated heterocycles. The zero-order valence-electron chi connectivity index (χ0n) is 12.2. The molecular weight excluding hydrogens is 255 g/mol. The van der Waals surface area contributed by atoms with E-state index in [1.165, 1.54) is 12.1 Å². The zero-order chi connectivity index (χ0) is 14.8. The fourth-order valence-electron chi connectivity index (χ4n) is 3.36. The van der Waals surface area contributed by atoms with E-state index in [9.17, 15) is 14.3 Å². The van der Waals surface area contributed by atoms with Crippen LogP contribution in [0.15, 0.2) is 24.3 Å². The van der Waals surface area contributed by atoms with Gasteiger partial charge in [0.2, 0.25) is 0 Å². The van der Waals surface area contributed by atoms with Crippen molar-refractivity contribution < 1.29 is 14.3 Å². The van der Waals surface area contributed by atoms with E-state index in [1.54, 1.807) is 6.07 Å². The van der Waals surface area contributed by atoms with Crippen molar-refractivity contribution >= 4 is 5.97 Å². The number of aliphatic carboxylic acids is 1. The lowest BCUT2D eigenvalue weighted by Gasteiger charge is -2.38. The van der Waals surface area contributed by atoms with Crippen molar-refractivity contribution in [2.75, 3.05) is 0 Å². The fourth-order valence-corrected chi connectivity index (χ4v) is 3.36. The van der Waals surface area contributed by atoms with Crippen LogP contribution < -0.4 is 0 Å². The number of hydrogen-bond acceptors (Lipinski definition) is 1. The van der Waals surface area contributed by atoms with Gasteiger partial charge in [-0.2, -0.15) is 0 Å². The average Bonchev–Trinajstić information content (AvgIpc) is 2.39. The minimum atomic E-state index is -0.732. The number of carbonyl (C=O) groups is 1. The van der Waals surface area contributed by atoms with Crippen molar-refractivity contribution in [1.82, 2.24) is 0 Å². The molecule has 2 nitrogen and oxygen atoms in total. The van der Waals surface area contributed by atoms with Crippen LogP contribution >= 0.6 is 0 Å². The van der Waals surface area contributed by atoms with E-state index < -0.39 is 11.4 Å². The number of carboxylic acids is 1. The van der Waals surface area contributed by atoms with Gasteiger partial charge in [0, 0.05) is 0 Å². The minimum Gasteiger partial charge on any atom is -0.481 e. The molecule has 0 amide bonds. The Labute approximate surface area is 120 Å². The second-order valence-electron chi connectivity index (χ2n) is 6.47. The molecule has 0 heterocycles. The first-order chi connectivity index (χ1) is 9.43. The van der Waals surface area contributed by atoms with Crippen LogP contribution in [0, 0.1) is 23.1 Å². The molecule has 0 unspecified atom stereocenters. The van der Waals surface area contributed by atoms with Gasteiger partial charge >= 0.3 is 5.97 Å². The third-order valence-corrected chi connectivity index (χ3v) is 4.82. The van der Waals surface area contributed by atoms with Crippen molar-refractivity contribution in [2.45, 2.75) is 46.0 Å². The van der Waals surface area contributed by atoms with Gasteiger partial charge in [-0.25, -0.2) is 4.39 Å². The normalized spacial score (nSPS) is 26.7. The monoisotopic (exact) mass is 278 g/mol. The largest absolute Gasteiger partial charge is 0.481 e. The molecule has 1 aliphatic rings. The lowest BCUT2D eigenvalue weighted by Crippen LogP contribution is -2.38. The molecule has 1 fully saturated rings. The highest BCUT2D eigenvalue weighted by Gasteiger charge is 2.42. The predicted molar refractivity (Wildman–Crippen MR) is 77.0 cm³/mol. The van der Waals surface area contributed by atoms with Gasteiger partial charge in [0.05, 0.1) is 5.41 Å². The lowest BCUT2D eigenvalue weighted by atomic mass is 9.65. The van der Waals surface area contributed by atoms with Crippen molar-refractivity contribution in [2.24, 2.45) is 17.3 Å². The third kappa shape index (κ3) is 3.20. The predicted octanol–water partition coefficient (Wildman–Crippen LogP) is 4.29. The number of benzene rings is 1. The molecule has 0 bridgehead atoms. The molecule has 0 aliphatic heterocycles. The maximum absolute atomic E-state index is 13.3. The van der Waals surface area contributed by atoms with E-state index in [2.05, 4.69) is 13.8 Å². The standard InChI is InChI=1S/C17H23FO2/c1-12(2)14-6-8-17(9-7-14,16(19)20)11-13-4-3-5-15(18)10-13/h3-5,10,12,14H,6-9,11H2,1-2H3,(H,19,20). The van der Waals surface area contributed by atoms with Gasteiger partial charge in [-0.1, -0.05) is 26.0 Å². The quantitative estimate of drug-likeness (QED) is 0.892. The summed E-state index contributed by atoms with van der Waals surface area (Å²) in [5, 5.41) is 9.65. The molecule has 2 rings (SSSR count). The van der Waals surface area contributed by atoms with Gasteiger partial charge in [-0.3, -0.25) is 4.79 Å². The van der Waals surface area contributed by atoms with E-state index in [0.717, 1.165) is 18.4 Å². The number of hydrogen-bond donors (Lipinski definition) is 1. The Kier molecular flexibility index (Phi) is 4.46. The molecule has 20 heavy (non-hydrogen) atoms. The van der Waals surface area contributed by atoms with Gasteiger partial charge in [0.25, 0.3) is 0 Å². The van der Waals surface area contributed by atoms with Crippen LogP contribution in [0.5, 0.6) is 0 Å². The van der Waals surface area contributed by atoms with Gasteiger partial charge < -0.3 is 5.11 Å². The van der Waals surface area contributed by atoms with E-state index in [4.69, 9.17) is 0 Å². The molecule has 1 saturated carbocycles. The fraction of sp³-hybridized carbons (Fsp3) is 0.588. The van der Waals surface area contributed by atoms with Crippen LogP contribution in [0.3, 0.4) is 0 Å². The van der Waals surface area contributed by atoms with Crippen LogP contribution in [0.2, 0.25) is 0 Å². The molecule has 0 atom stereocenters. The topological polar surface area (TPSA) is 37.3 Å². The summed E-state index contributed by atoms with van der Waals surface area (Å²) in [6, 6.07) is 6.33. The van der Waals surface area contributed by atoms with E-state index in [-0.39, 0.29) is 5.82 Å². The highest BCUT2D eigenvalue weighted by molar-refractivity contribution is 5.75. The van der Waals surface area contributed by atoms with Gasteiger partial charge in [-0.15, -0.1) is 0 Å². The first-order valence-electron chi connectivity index (χ1n) is 7.41. The molecule has 3 heteroatoms. The zero-order valence-corrected chi connectivity index (χ0v) is 12.2. The van der Waals surface area contributed by atoms with Crippen LogP contribution in [0.4, 0.5) is 4.39 Å². The number of halogens is 1. The van der Waals surface area contributed by atoms with Crippen LogP contribution in [-0.4, -0.2) is 11.1 Å². The minimum absolute atomic E-state index is 0.293. The summed E-state index contributed by atoms with van der Waals surface area (Å²) in [5.41, 5.74) is 0.0783. The molecular formula is C17H23FO2. The summed E-state index contributed by atoms with van der Waals surface area (Å²) in [7, 11) is 0. The second-order valence-corrected chi connectivity index (χ2v) is 6.47. The summed E-state index contributed by atoms with van der Waals surface area (Å²) in [5.74, 6) is 0.203. The third-order valence-electron chi connectivity index (χ3n) is 4.82. The average molecular weight is 278 g/mol. The summed E-state index contributed by atoms with van der Waals surface area (Å²) < 4.78 is 13.3. The molecule has 0 spiro atoms. The van der Waals surface area contributed by atoms with Crippen molar-refractivity contribution in [1.29, 1.82) is 0 Å². The van der Waals surface area contributed by atoms with Crippen LogP contribution in [-0.2, 0) is 11.2 Å². The Morgan fingerprint density at radius 2 is 2.05 bits per heavy atom. The number of carboxylic acid groups (broad SMARTS) is 1. The highest BCUT2D eigenvalue weighted by Crippen LogP contribution is 2.43. The van der Waals surface area contributed by atoms with E-state index >= 15 is 0 Å². The van der Waals surface area contributed by atoms with E-state index in [0.29, 0.717) is 31.1 Å².